The summed E-state index contributed by atoms with van der Waals surface area (Å²) in [4.78, 5) is 0. The Morgan fingerprint density at radius 2 is 2.25 bits per heavy atom. The molecule has 2 N–H and O–H groups in total. The van der Waals surface area contributed by atoms with Gasteiger partial charge in [-0.05, 0) is 25.1 Å². The first-order valence-corrected chi connectivity index (χ1v) is 5.19. The Morgan fingerprint density at radius 3 is 2.94 bits per heavy atom. The minimum Gasteiger partial charge on any atom is -0.497 e. The standard InChI is InChI=1S/C12H15N3O/c1-9(12-6-7-13-15-12)14-10-4-3-5-11(8-10)16-2/h3-9,14H,1-2H3,(H,13,15). The van der Waals surface area contributed by atoms with E-state index in [9.17, 15) is 0 Å². The molecule has 0 saturated heterocycles. The van der Waals surface area contributed by atoms with E-state index in [4.69, 9.17) is 4.74 Å². The molecule has 1 heterocycles. The highest BCUT2D eigenvalue weighted by Gasteiger charge is 2.06. The highest BCUT2D eigenvalue weighted by molar-refractivity contribution is 5.49. The molecular weight excluding hydrogens is 202 g/mol. The van der Waals surface area contributed by atoms with E-state index in [1.54, 1.807) is 13.3 Å². The number of benzene rings is 1. The summed E-state index contributed by atoms with van der Waals surface area (Å²) in [6.07, 6.45) is 1.75. The number of nitrogens with one attached hydrogen (secondary N) is 2. The van der Waals surface area contributed by atoms with Gasteiger partial charge in [0.05, 0.1) is 18.8 Å². The molecule has 2 aromatic rings. The molecule has 4 heteroatoms. The zero-order chi connectivity index (χ0) is 11.4. The van der Waals surface area contributed by atoms with Crippen molar-refractivity contribution in [3.8, 4) is 5.75 Å². The number of ether oxygens (including phenoxy) is 1. The van der Waals surface area contributed by atoms with Gasteiger partial charge in [0.2, 0.25) is 0 Å². The van der Waals surface area contributed by atoms with Crippen molar-refractivity contribution >= 4 is 5.69 Å². The summed E-state index contributed by atoms with van der Waals surface area (Å²) in [6.45, 7) is 2.08. The molecule has 0 spiro atoms. The second-order valence-corrected chi connectivity index (χ2v) is 3.61. The highest BCUT2D eigenvalue weighted by Crippen LogP contribution is 2.21. The largest absolute Gasteiger partial charge is 0.497 e. The minimum absolute atomic E-state index is 0.189. The van der Waals surface area contributed by atoms with Gasteiger partial charge in [-0.25, -0.2) is 0 Å². The molecule has 1 atom stereocenters. The van der Waals surface area contributed by atoms with Crippen molar-refractivity contribution in [3.05, 3.63) is 42.2 Å². The second kappa shape index (κ2) is 4.70. The van der Waals surface area contributed by atoms with Crippen LogP contribution in [0.25, 0.3) is 0 Å². The molecule has 0 aliphatic rings. The molecule has 2 rings (SSSR count). The van der Waals surface area contributed by atoms with E-state index in [1.165, 1.54) is 0 Å². The molecule has 0 bridgehead atoms. The van der Waals surface area contributed by atoms with Gasteiger partial charge in [-0.1, -0.05) is 6.07 Å². The molecule has 1 aromatic carbocycles. The van der Waals surface area contributed by atoms with E-state index in [0.29, 0.717) is 0 Å². The van der Waals surface area contributed by atoms with Gasteiger partial charge in [0.25, 0.3) is 0 Å². The molecule has 84 valence electrons. The predicted octanol–water partition coefficient (Wildman–Crippen LogP) is 2.59. The Labute approximate surface area is 94.6 Å². The van der Waals surface area contributed by atoms with E-state index in [2.05, 4.69) is 22.4 Å². The zero-order valence-electron chi connectivity index (χ0n) is 9.40. The first-order chi connectivity index (χ1) is 7.79. The maximum absolute atomic E-state index is 5.17. The Hall–Kier alpha value is -1.97. The molecule has 0 radical (unpaired) electrons. The summed E-state index contributed by atoms with van der Waals surface area (Å²) in [5, 5.41) is 10.2. The zero-order valence-corrected chi connectivity index (χ0v) is 9.40. The third-order valence-electron chi connectivity index (χ3n) is 2.44. The fourth-order valence-electron chi connectivity index (χ4n) is 1.55. The van der Waals surface area contributed by atoms with Crippen molar-refractivity contribution in [3.63, 3.8) is 0 Å². The van der Waals surface area contributed by atoms with Gasteiger partial charge >= 0.3 is 0 Å². The van der Waals surface area contributed by atoms with Crippen LogP contribution in [0.5, 0.6) is 5.75 Å². The highest BCUT2D eigenvalue weighted by atomic mass is 16.5. The van der Waals surface area contributed by atoms with E-state index in [1.807, 2.05) is 30.3 Å². The fraction of sp³-hybridized carbons (Fsp3) is 0.250. The number of hydrogen-bond acceptors (Lipinski definition) is 3. The van der Waals surface area contributed by atoms with Crippen LogP contribution in [0, 0.1) is 0 Å². The van der Waals surface area contributed by atoms with Gasteiger partial charge in [0, 0.05) is 18.0 Å². The van der Waals surface area contributed by atoms with Gasteiger partial charge in [0.1, 0.15) is 5.75 Å². The molecule has 4 nitrogen and oxygen atoms in total. The number of hydrogen-bond donors (Lipinski definition) is 2. The molecule has 0 saturated carbocycles. The van der Waals surface area contributed by atoms with Crippen molar-refractivity contribution in [2.24, 2.45) is 0 Å². The van der Waals surface area contributed by atoms with Gasteiger partial charge in [0.15, 0.2) is 0 Å². The monoisotopic (exact) mass is 217 g/mol. The Balaban J connectivity index is 2.08. The van der Waals surface area contributed by atoms with Crippen molar-refractivity contribution < 1.29 is 4.74 Å². The average molecular weight is 217 g/mol. The number of rotatable bonds is 4. The van der Waals surface area contributed by atoms with Crippen molar-refractivity contribution in [2.75, 3.05) is 12.4 Å². The number of nitrogens with zero attached hydrogens (tertiary/aromatic N) is 1. The van der Waals surface area contributed by atoms with Gasteiger partial charge in [-0.15, -0.1) is 0 Å². The molecule has 16 heavy (non-hydrogen) atoms. The number of aromatic amines is 1. The molecule has 0 aliphatic carbocycles. The quantitative estimate of drug-likeness (QED) is 0.827. The topological polar surface area (TPSA) is 49.9 Å². The lowest BCUT2D eigenvalue weighted by atomic mass is 10.2. The van der Waals surface area contributed by atoms with Crippen LogP contribution < -0.4 is 10.1 Å². The average Bonchev–Trinajstić information content (AvgIpc) is 2.83. The van der Waals surface area contributed by atoms with Crippen molar-refractivity contribution in [1.29, 1.82) is 0 Å². The Bertz CT molecular complexity index is 439. The van der Waals surface area contributed by atoms with Crippen LogP contribution in [0.15, 0.2) is 36.5 Å². The second-order valence-electron chi connectivity index (χ2n) is 3.61. The summed E-state index contributed by atoms with van der Waals surface area (Å²) >= 11 is 0. The third kappa shape index (κ3) is 2.34. The van der Waals surface area contributed by atoms with Crippen molar-refractivity contribution in [1.82, 2.24) is 10.2 Å². The van der Waals surface area contributed by atoms with E-state index >= 15 is 0 Å². The van der Waals surface area contributed by atoms with Gasteiger partial charge in [-0.2, -0.15) is 5.10 Å². The van der Waals surface area contributed by atoms with Crippen LogP contribution in [0.2, 0.25) is 0 Å². The van der Waals surface area contributed by atoms with Crippen LogP contribution in [0.3, 0.4) is 0 Å². The SMILES string of the molecule is COc1cccc(NC(C)c2ccn[nH]2)c1. The summed E-state index contributed by atoms with van der Waals surface area (Å²) < 4.78 is 5.17. The van der Waals surface area contributed by atoms with E-state index in [-0.39, 0.29) is 6.04 Å². The predicted molar refractivity (Wildman–Crippen MR) is 63.6 cm³/mol. The molecule has 1 unspecified atom stereocenters. The maximum atomic E-state index is 5.17. The van der Waals surface area contributed by atoms with E-state index in [0.717, 1.165) is 17.1 Å². The third-order valence-corrected chi connectivity index (χ3v) is 2.44. The summed E-state index contributed by atoms with van der Waals surface area (Å²) in [5.74, 6) is 0.849. The lowest BCUT2D eigenvalue weighted by molar-refractivity contribution is 0.415. The normalized spacial score (nSPS) is 12.1. The molecule has 0 aliphatic heterocycles. The minimum atomic E-state index is 0.189. The van der Waals surface area contributed by atoms with Crippen molar-refractivity contribution in [2.45, 2.75) is 13.0 Å². The lowest BCUT2D eigenvalue weighted by Gasteiger charge is -2.14. The molecule has 1 aromatic heterocycles. The van der Waals surface area contributed by atoms with Crippen LogP contribution >= 0.6 is 0 Å². The number of H-pyrrole nitrogens is 1. The van der Waals surface area contributed by atoms with Gasteiger partial charge in [-0.3, -0.25) is 5.10 Å². The Morgan fingerprint density at radius 1 is 1.38 bits per heavy atom. The first-order valence-electron chi connectivity index (χ1n) is 5.19. The van der Waals surface area contributed by atoms with Crippen LogP contribution in [-0.4, -0.2) is 17.3 Å². The van der Waals surface area contributed by atoms with Crippen LogP contribution in [0.1, 0.15) is 18.7 Å². The molecule has 0 fully saturated rings. The number of aromatic nitrogens is 2. The fourth-order valence-corrected chi connectivity index (χ4v) is 1.55. The van der Waals surface area contributed by atoms with E-state index < -0.39 is 0 Å². The summed E-state index contributed by atoms with van der Waals surface area (Å²) in [7, 11) is 1.66. The Kier molecular flexibility index (Phi) is 3.10. The number of methoxy groups -OCH3 is 1. The molecule has 0 amide bonds. The summed E-state index contributed by atoms with van der Waals surface area (Å²) in [5.41, 5.74) is 2.09. The van der Waals surface area contributed by atoms with Gasteiger partial charge < -0.3 is 10.1 Å². The lowest BCUT2D eigenvalue weighted by Crippen LogP contribution is -2.07. The number of anilines is 1. The molecular formula is C12H15N3O. The van der Waals surface area contributed by atoms with Crippen LogP contribution in [0.4, 0.5) is 5.69 Å². The summed E-state index contributed by atoms with van der Waals surface area (Å²) in [6, 6.07) is 10.0. The smallest absolute Gasteiger partial charge is 0.120 e. The first kappa shape index (κ1) is 10.5. The van der Waals surface area contributed by atoms with Crippen LogP contribution in [-0.2, 0) is 0 Å². The maximum Gasteiger partial charge on any atom is 0.120 e.